The summed E-state index contributed by atoms with van der Waals surface area (Å²) in [4.78, 5) is 21.7. The van der Waals surface area contributed by atoms with Gasteiger partial charge in [-0.3, -0.25) is 4.79 Å². The molecule has 0 aliphatic carbocycles. The first kappa shape index (κ1) is 15.0. The van der Waals surface area contributed by atoms with Crippen LogP contribution in [-0.4, -0.2) is 23.7 Å². The molecule has 1 aromatic carbocycles. The fourth-order valence-corrected chi connectivity index (χ4v) is 1.55. The Morgan fingerprint density at radius 3 is 2.53 bits per heavy atom. The van der Waals surface area contributed by atoms with Gasteiger partial charge in [0.1, 0.15) is 0 Å². The molecule has 0 fully saturated rings. The number of hydrogen-bond acceptors (Lipinski definition) is 3. The van der Waals surface area contributed by atoms with Gasteiger partial charge in [-0.2, -0.15) is 0 Å². The maximum absolute atomic E-state index is 11.1. The van der Waals surface area contributed by atoms with Crippen molar-refractivity contribution in [3.63, 3.8) is 0 Å². The molecule has 0 aliphatic rings. The summed E-state index contributed by atoms with van der Waals surface area (Å²) in [5, 5.41) is 8.76. The lowest BCUT2D eigenvalue weighted by Gasteiger charge is -1.99. The minimum atomic E-state index is -0.926. The van der Waals surface area contributed by atoms with E-state index in [1.807, 2.05) is 12.2 Å². The van der Waals surface area contributed by atoms with Gasteiger partial charge in [-0.25, -0.2) is 4.79 Å². The molecule has 19 heavy (non-hydrogen) atoms. The first-order valence-electron chi connectivity index (χ1n) is 6.29. The third-order valence-corrected chi connectivity index (χ3v) is 2.52. The molecule has 0 aliphatic heterocycles. The predicted molar refractivity (Wildman–Crippen MR) is 72.9 cm³/mol. The summed E-state index contributed by atoms with van der Waals surface area (Å²) in [6.07, 6.45) is 5.85. The Morgan fingerprint density at radius 2 is 1.95 bits per heavy atom. The Labute approximate surface area is 112 Å². The molecule has 4 heteroatoms. The van der Waals surface area contributed by atoms with Gasteiger partial charge in [-0.05, 0) is 37.5 Å². The summed E-state index contributed by atoms with van der Waals surface area (Å²) in [5.74, 6) is -1.09. The molecule has 0 heterocycles. The van der Waals surface area contributed by atoms with Gasteiger partial charge in [0.25, 0.3) is 0 Å². The zero-order chi connectivity index (χ0) is 14.1. The zero-order valence-electron chi connectivity index (χ0n) is 11.0. The van der Waals surface area contributed by atoms with E-state index < -0.39 is 5.97 Å². The van der Waals surface area contributed by atoms with Gasteiger partial charge in [0.2, 0.25) is 0 Å². The van der Waals surface area contributed by atoms with Crippen LogP contribution in [0.2, 0.25) is 0 Å². The average molecular weight is 262 g/mol. The van der Waals surface area contributed by atoms with Crippen LogP contribution in [-0.2, 0) is 9.53 Å². The Kier molecular flexibility index (Phi) is 6.36. The lowest BCUT2D eigenvalue weighted by atomic mass is 10.1. The van der Waals surface area contributed by atoms with Crippen LogP contribution in [0.5, 0.6) is 0 Å². The Morgan fingerprint density at radius 1 is 1.26 bits per heavy atom. The van der Waals surface area contributed by atoms with E-state index in [4.69, 9.17) is 9.84 Å². The number of rotatable bonds is 7. The minimum Gasteiger partial charge on any atom is -0.478 e. The highest BCUT2D eigenvalue weighted by molar-refractivity contribution is 5.87. The second-order valence-corrected chi connectivity index (χ2v) is 4.03. The molecular formula is C15H18O4. The van der Waals surface area contributed by atoms with Crippen LogP contribution in [0.1, 0.15) is 42.1 Å². The van der Waals surface area contributed by atoms with E-state index in [1.54, 1.807) is 31.2 Å². The molecule has 0 aromatic heterocycles. The van der Waals surface area contributed by atoms with Gasteiger partial charge >= 0.3 is 11.9 Å². The maximum Gasteiger partial charge on any atom is 0.335 e. The van der Waals surface area contributed by atoms with Crippen molar-refractivity contribution < 1.29 is 19.4 Å². The van der Waals surface area contributed by atoms with Crippen molar-refractivity contribution >= 4 is 18.0 Å². The summed E-state index contributed by atoms with van der Waals surface area (Å²) in [5.41, 5.74) is 1.22. The van der Waals surface area contributed by atoms with Crippen LogP contribution in [0, 0.1) is 0 Å². The number of hydrogen-bond donors (Lipinski definition) is 1. The molecule has 1 aromatic rings. The zero-order valence-corrected chi connectivity index (χ0v) is 11.0. The maximum atomic E-state index is 11.1. The van der Waals surface area contributed by atoms with Gasteiger partial charge < -0.3 is 9.84 Å². The Balaban J connectivity index is 2.32. The molecule has 0 radical (unpaired) electrons. The fraction of sp³-hybridized carbons (Fsp3) is 0.333. The standard InChI is InChI=1S/C15H18O4/c1-2-19-14(16)7-5-3-4-6-12-8-10-13(11-9-12)15(17)18/h4,6,8-11H,2-3,5,7H2,1H3,(H,17,18)/b6-4+. The first-order chi connectivity index (χ1) is 9.13. The van der Waals surface area contributed by atoms with Crippen molar-refractivity contribution in [3.05, 3.63) is 41.5 Å². The quantitative estimate of drug-likeness (QED) is 0.605. The lowest BCUT2D eigenvalue weighted by molar-refractivity contribution is -0.143. The van der Waals surface area contributed by atoms with E-state index in [0.29, 0.717) is 13.0 Å². The minimum absolute atomic E-state index is 0.165. The highest BCUT2D eigenvalue weighted by Gasteiger charge is 2.00. The SMILES string of the molecule is CCOC(=O)CCC/C=C/c1ccc(C(=O)O)cc1. The normalized spacial score (nSPS) is 10.6. The Bertz CT molecular complexity index is 446. The van der Waals surface area contributed by atoms with Gasteiger partial charge in [0, 0.05) is 6.42 Å². The van der Waals surface area contributed by atoms with E-state index in [-0.39, 0.29) is 11.5 Å². The highest BCUT2D eigenvalue weighted by Crippen LogP contribution is 2.08. The van der Waals surface area contributed by atoms with Crippen molar-refractivity contribution in [3.8, 4) is 0 Å². The summed E-state index contributed by atoms with van der Waals surface area (Å²) in [6, 6.07) is 6.65. The summed E-state index contributed by atoms with van der Waals surface area (Å²) in [6.45, 7) is 2.21. The monoisotopic (exact) mass is 262 g/mol. The van der Waals surface area contributed by atoms with E-state index in [0.717, 1.165) is 18.4 Å². The number of allylic oxidation sites excluding steroid dienone is 1. The second-order valence-electron chi connectivity index (χ2n) is 4.03. The van der Waals surface area contributed by atoms with Crippen molar-refractivity contribution in [2.75, 3.05) is 6.61 Å². The van der Waals surface area contributed by atoms with Crippen LogP contribution in [0.3, 0.4) is 0 Å². The molecule has 0 bridgehead atoms. The number of benzene rings is 1. The van der Waals surface area contributed by atoms with Gasteiger partial charge in [-0.15, -0.1) is 0 Å². The molecule has 102 valence electrons. The average Bonchev–Trinajstić information content (AvgIpc) is 2.39. The smallest absolute Gasteiger partial charge is 0.335 e. The molecule has 1 N–H and O–H groups in total. The van der Waals surface area contributed by atoms with E-state index in [1.165, 1.54) is 0 Å². The number of esters is 1. The number of carbonyl (C=O) groups excluding carboxylic acids is 1. The van der Waals surface area contributed by atoms with Crippen LogP contribution >= 0.6 is 0 Å². The summed E-state index contributed by atoms with van der Waals surface area (Å²) < 4.78 is 4.82. The number of ether oxygens (including phenoxy) is 1. The van der Waals surface area contributed by atoms with E-state index >= 15 is 0 Å². The van der Waals surface area contributed by atoms with Crippen molar-refractivity contribution in [2.24, 2.45) is 0 Å². The number of carboxylic acid groups (broad SMARTS) is 1. The van der Waals surface area contributed by atoms with Crippen molar-refractivity contribution in [1.29, 1.82) is 0 Å². The molecule has 4 nitrogen and oxygen atoms in total. The predicted octanol–water partition coefficient (Wildman–Crippen LogP) is 3.13. The van der Waals surface area contributed by atoms with Crippen LogP contribution in [0.15, 0.2) is 30.3 Å². The molecule has 0 amide bonds. The van der Waals surface area contributed by atoms with Crippen LogP contribution in [0.4, 0.5) is 0 Å². The Hall–Kier alpha value is -2.10. The number of unbranched alkanes of at least 4 members (excludes halogenated alkanes) is 1. The number of carbonyl (C=O) groups is 2. The molecule has 0 spiro atoms. The third-order valence-electron chi connectivity index (χ3n) is 2.52. The van der Waals surface area contributed by atoms with Gasteiger partial charge in [0.15, 0.2) is 0 Å². The summed E-state index contributed by atoms with van der Waals surface area (Å²) in [7, 11) is 0. The second kappa shape index (κ2) is 8.08. The van der Waals surface area contributed by atoms with E-state index in [9.17, 15) is 9.59 Å². The van der Waals surface area contributed by atoms with Crippen molar-refractivity contribution in [2.45, 2.75) is 26.2 Å². The third kappa shape index (κ3) is 5.86. The molecule has 0 unspecified atom stereocenters. The molecule has 0 saturated heterocycles. The fourth-order valence-electron chi connectivity index (χ4n) is 1.55. The topological polar surface area (TPSA) is 63.6 Å². The highest BCUT2D eigenvalue weighted by atomic mass is 16.5. The molecule has 1 rings (SSSR count). The molecule has 0 atom stereocenters. The summed E-state index contributed by atoms with van der Waals surface area (Å²) >= 11 is 0. The van der Waals surface area contributed by atoms with Crippen LogP contribution < -0.4 is 0 Å². The first-order valence-corrected chi connectivity index (χ1v) is 6.29. The largest absolute Gasteiger partial charge is 0.478 e. The number of aromatic carboxylic acids is 1. The molecule has 0 saturated carbocycles. The van der Waals surface area contributed by atoms with E-state index in [2.05, 4.69) is 0 Å². The van der Waals surface area contributed by atoms with Crippen molar-refractivity contribution in [1.82, 2.24) is 0 Å². The van der Waals surface area contributed by atoms with Gasteiger partial charge in [-0.1, -0.05) is 24.3 Å². The van der Waals surface area contributed by atoms with Crippen LogP contribution in [0.25, 0.3) is 6.08 Å². The molecular weight excluding hydrogens is 244 g/mol. The lowest BCUT2D eigenvalue weighted by Crippen LogP contribution is -2.02. The van der Waals surface area contributed by atoms with Gasteiger partial charge in [0.05, 0.1) is 12.2 Å². The number of carboxylic acids is 1.